The van der Waals surface area contributed by atoms with E-state index in [1.165, 1.54) is 6.26 Å². The highest BCUT2D eigenvalue weighted by Gasteiger charge is 2.15. The molecule has 0 amide bonds. The molecule has 0 aliphatic carbocycles. The second-order valence-electron chi connectivity index (χ2n) is 5.51. The summed E-state index contributed by atoms with van der Waals surface area (Å²) >= 11 is 0. The SMILES string of the molecule is C=COCCOCCOCCOCCOCC(=O)OC(C)(C)C. The number of rotatable bonds is 15. The third-order valence-electron chi connectivity index (χ3n) is 2.22. The Balaban J connectivity index is 3.16. The highest BCUT2D eigenvalue weighted by atomic mass is 16.6. The van der Waals surface area contributed by atoms with Gasteiger partial charge in [-0.3, -0.25) is 0 Å². The minimum Gasteiger partial charge on any atom is -0.499 e. The van der Waals surface area contributed by atoms with Crippen LogP contribution in [0.4, 0.5) is 0 Å². The van der Waals surface area contributed by atoms with Crippen LogP contribution in [0.2, 0.25) is 0 Å². The molecule has 0 atom stereocenters. The molecule has 0 aromatic rings. The van der Waals surface area contributed by atoms with E-state index in [9.17, 15) is 4.79 Å². The van der Waals surface area contributed by atoms with E-state index in [0.717, 1.165) is 0 Å². The van der Waals surface area contributed by atoms with E-state index in [4.69, 9.17) is 28.4 Å². The standard InChI is InChI=1S/C16H30O7/c1-5-18-6-7-19-8-9-20-10-11-21-12-13-22-14-15(17)23-16(2,3)4/h5H,1,6-14H2,2-4H3. The molecule has 7 nitrogen and oxygen atoms in total. The lowest BCUT2D eigenvalue weighted by Crippen LogP contribution is -2.27. The monoisotopic (exact) mass is 334 g/mol. The summed E-state index contributed by atoms with van der Waals surface area (Å²) in [7, 11) is 0. The van der Waals surface area contributed by atoms with Crippen LogP contribution in [0.1, 0.15) is 20.8 Å². The van der Waals surface area contributed by atoms with Gasteiger partial charge in [0.05, 0.1) is 52.5 Å². The zero-order valence-corrected chi connectivity index (χ0v) is 14.5. The van der Waals surface area contributed by atoms with E-state index in [2.05, 4.69) is 6.58 Å². The van der Waals surface area contributed by atoms with Crippen molar-refractivity contribution in [1.29, 1.82) is 0 Å². The van der Waals surface area contributed by atoms with Gasteiger partial charge in [-0.1, -0.05) is 6.58 Å². The maximum atomic E-state index is 11.3. The van der Waals surface area contributed by atoms with Crippen molar-refractivity contribution in [2.75, 3.05) is 59.5 Å². The van der Waals surface area contributed by atoms with Crippen molar-refractivity contribution in [2.24, 2.45) is 0 Å². The van der Waals surface area contributed by atoms with Gasteiger partial charge < -0.3 is 28.4 Å². The van der Waals surface area contributed by atoms with Crippen LogP contribution >= 0.6 is 0 Å². The van der Waals surface area contributed by atoms with E-state index >= 15 is 0 Å². The van der Waals surface area contributed by atoms with Crippen molar-refractivity contribution < 1.29 is 33.2 Å². The highest BCUT2D eigenvalue weighted by molar-refractivity contribution is 5.71. The first-order valence-electron chi connectivity index (χ1n) is 7.71. The highest BCUT2D eigenvalue weighted by Crippen LogP contribution is 2.06. The maximum Gasteiger partial charge on any atom is 0.332 e. The normalized spacial score (nSPS) is 11.3. The molecule has 0 saturated heterocycles. The molecule has 0 radical (unpaired) electrons. The Morgan fingerprint density at radius 3 is 1.70 bits per heavy atom. The van der Waals surface area contributed by atoms with Crippen LogP contribution in [-0.4, -0.2) is 71.0 Å². The Labute approximate surface area is 138 Å². The van der Waals surface area contributed by atoms with Crippen molar-refractivity contribution in [1.82, 2.24) is 0 Å². The molecule has 136 valence electrons. The molecular weight excluding hydrogens is 304 g/mol. The van der Waals surface area contributed by atoms with E-state index in [1.54, 1.807) is 0 Å². The fraction of sp³-hybridized carbons (Fsp3) is 0.812. The van der Waals surface area contributed by atoms with E-state index in [0.29, 0.717) is 52.9 Å². The number of hydrogen-bond acceptors (Lipinski definition) is 7. The van der Waals surface area contributed by atoms with E-state index in [-0.39, 0.29) is 12.6 Å². The molecule has 0 heterocycles. The summed E-state index contributed by atoms with van der Waals surface area (Å²) in [6.45, 7) is 12.5. The van der Waals surface area contributed by atoms with Crippen LogP contribution in [-0.2, 0) is 33.2 Å². The fourth-order valence-corrected chi connectivity index (χ4v) is 1.38. The lowest BCUT2D eigenvalue weighted by molar-refractivity contribution is -0.160. The number of carbonyl (C=O) groups excluding carboxylic acids is 1. The predicted molar refractivity (Wildman–Crippen MR) is 85.3 cm³/mol. The van der Waals surface area contributed by atoms with Crippen LogP contribution < -0.4 is 0 Å². The van der Waals surface area contributed by atoms with Crippen LogP contribution in [0.15, 0.2) is 12.8 Å². The zero-order chi connectivity index (χ0) is 17.4. The van der Waals surface area contributed by atoms with Crippen LogP contribution in [0.3, 0.4) is 0 Å². The first kappa shape index (κ1) is 21.9. The van der Waals surface area contributed by atoms with Crippen LogP contribution in [0, 0.1) is 0 Å². The predicted octanol–water partition coefficient (Wildman–Crippen LogP) is 1.55. The zero-order valence-electron chi connectivity index (χ0n) is 14.5. The van der Waals surface area contributed by atoms with Gasteiger partial charge in [0.1, 0.15) is 18.8 Å². The molecule has 0 aliphatic rings. The first-order chi connectivity index (χ1) is 11.0. The number of ether oxygens (including phenoxy) is 6. The lowest BCUT2D eigenvalue weighted by Gasteiger charge is -2.19. The Bertz CT molecular complexity index is 299. The molecular formula is C16H30O7. The molecule has 0 rings (SSSR count). The summed E-state index contributed by atoms with van der Waals surface area (Å²) in [5.41, 5.74) is -0.489. The molecule has 0 spiro atoms. The number of carbonyl (C=O) groups is 1. The summed E-state index contributed by atoms with van der Waals surface area (Å²) in [4.78, 5) is 11.3. The quantitative estimate of drug-likeness (QED) is 0.256. The van der Waals surface area contributed by atoms with E-state index < -0.39 is 5.60 Å². The molecule has 0 aliphatic heterocycles. The molecule has 0 saturated carbocycles. The third-order valence-corrected chi connectivity index (χ3v) is 2.22. The fourth-order valence-electron chi connectivity index (χ4n) is 1.38. The molecule has 0 N–H and O–H groups in total. The smallest absolute Gasteiger partial charge is 0.332 e. The van der Waals surface area contributed by atoms with Crippen molar-refractivity contribution in [2.45, 2.75) is 26.4 Å². The van der Waals surface area contributed by atoms with Gasteiger partial charge >= 0.3 is 5.97 Å². The number of esters is 1. The molecule has 0 aromatic carbocycles. The minimum atomic E-state index is -0.489. The third kappa shape index (κ3) is 18.8. The summed E-state index contributed by atoms with van der Waals surface area (Å²) in [6, 6.07) is 0. The van der Waals surface area contributed by atoms with Crippen molar-refractivity contribution in [3.63, 3.8) is 0 Å². The summed E-state index contributed by atoms with van der Waals surface area (Å²) < 4.78 is 31.0. The van der Waals surface area contributed by atoms with Crippen molar-refractivity contribution in [3.8, 4) is 0 Å². The summed E-state index contributed by atoms with van der Waals surface area (Å²) in [5.74, 6) is -0.376. The van der Waals surface area contributed by atoms with Gasteiger partial charge in [0, 0.05) is 0 Å². The Kier molecular flexibility index (Phi) is 13.7. The van der Waals surface area contributed by atoms with Crippen molar-refractivity contribution in [3.05, 3.63) is 12.8 Å². The first-order valence-corrected chi connectivity index (χ1v) is 7.71. The van der Waals surface area contributed by atoms with Gasteiger partial charge in [0.2, 0.25) is 0 Å². The average molecular weight is 334 g/mol. The second-order valence-corrected chi connectivity index (χ2v) is 5.51. The Morgan fingerprint density at radius 2 is 1.26 bits per heavy atom. The summed E-state index contributed by atoms with van der Waals surface area (Å²) in [5, 5.41) is 0. The molecule has 0 unspecified atom stereocenters. The number of hydrogen-bond donors (Lipinski definition) is 0. The van der Waals surface area contributed by atoms with Gasteiger partial charge in [-0.2, -0.15) is 0 Å². The van der Waals surface area contributed by atoms with Gasteiger partial charge in [-0.15, -0.1) is 0 Å². The molecule has 7 heteroatoms. The molecule has 0 fully saturated rings. The summed E-state index contributed by atoms with van der Waals surface area (Å²) in [6.07, 6.45) is 1.38. The van der Waals surface area contributed by atoms with Crippen molar-refractivity contribution >= 4 is 5.97 Å². The van der Waals surface area contributed by atoms with Gasteiger partial charge in [0.15, 0.2) is 0 Å². The van der Waals surface area contributed by atoms with Gasteiger partial charge in [-0.25, -0.2) is 4.79 Å². The Morgan fingerprint density at radius 1 is 0.826 bits per heavy atom. The van der Waals surface area contributed by atoms with Crippen LogP contribution in [0.25, 0.3) is 0 Å². The molecule has 0 bridgehead atoms. The minimum absolute atomic E-state index is 0.0654. The van der Waals surface area contributed by atoms with E-state index in [1.807, 2.05) is 20.8 Å². The Hall–Kier alpha value is -1.15. The van der Waals surface area contributed by atoms with Crippen LogP contribution in [0.5, 0.6) is 0 Å². The lowest BCUT2D eigenvalue weighted by atomic mass is 10.2. The largest absolute Gasteiger partial charge is 0.499 e. The maximum absolute atomic E-state index is 11.3. The van der Waals surface area contributed by atoms with Gasteiger partial charge in [-0.05, 0) is 20.8 Å². The molecule has 23 heavy (non-hydrogen) atoms. The molecule has 0 aromatic heterocycles. The topological polar surface area (TPSA) is 72.5 Å². The second kappa shape index (κ2) is 14.4. The van der Waals surface area contributed by atoms with Gasteiger partial charge in [0.25, 0.3) is 0 Å². The average Bonchev–Trinajstić information content (AvgIpc) is 2.46.